The van der Waals surface area contributed by atoms with Gasteiger partial charge in [-0.1, -0.05) is 42.6 Å². The summed E-state index contributed by atoms with van der Waals surface area (Å²) in [5.74, 6) is -0.830. The maximum atomic E-state index is 11.1. The fourth-order valence-electron chi connectivity index (χ4n) is 1.75. The van der Waals surface area contributed by atoms with Crippen LogP contribution in [-0.2, 0) is 4.79 Å². The molecule has 1 aromatic carbocycles. The summed E-state index contributed by atoms with van der Waals surface area (Å²) in [5, 5.41) is 13.1. The Hall–Kier alpha value is -0.480. The first-order chi connectivity index (χ1) is 8.45. The summed E-state index contributed by atoms with van der Waals surface area (Å²) in [4.78, 5) is 11.1. The van der Waals surface area contributed by atoms with E-state index < -0.39 is 12.0 Å². The van der Waals surface area contributed by atoms with Crippen molar-refractivity contribution in [3.63, 3.8) is 0 Å². The molecule has 1 aromatic rings. The number of carboxylic acid groups (broad SMARTS) is 1. The second-order valence-corrected chi connectivity index (χ2v) is 5.06. The van der Waals surface area contributed by atoms with Crippen LogP contribution in [0, 0.1) is 0 Å². The molecule has 19 heavy (non-hydrogen) atoms. The Balaban J connectivity index is 0.00000324. The molecule has 0 saturated heterocycles. The molecule has 2 unspecified atom stereocenters. The van der Waals surface area contributed by atoms with Gasteiger partial charge in [0.1, 0.15) is 6.04 Å². The van der Waals surface area contributed by atoms with Crippen molar-refractivity contribution in [3.8, 4) is 0 Å². The van der Waals surface area contributed by atoms with Gasteiger partial charge in [-0.3, -0.25) is 10.1 Å². The molecule has 0 amide bonds. The van der Waals surface area contributed by atoms with Crippen molar-refractivity contribution in [1.29, 1.82) is 0 Å². The molecule has 0 aliphatic carbocycles. The molecule has 0 saturated carbocycles. The molecule has 6 heteroatoms. The zero-order chi connectivity index (χ0) is 13.7. The van der Waals surface area contributed by atoms with Gasteiger partial charge < -0.3 is 5.11 Å². The van der Waals surface area contributed by atoms with Gasteiger partial charge >= 0.3 is 5.97 Å². The van der Waals surface area contributed by atoms with Crippen LogP contribution in [0.15, 0.2) is 18.2 Å². The summed E-state index contributed by atoms with van der Waals surface area (Å²) in [6, 6.07) is 4.68. The van der Waals surface area contributed by atoms with E-state index in [1.807, 2.05) is 19.9 Å². The zero-order valence-electron chi connectivity index (χ0n) is 10.8. The molecular weight excluding hydrogens is 309 g/mol. The highest BCUT2D eigenvalue weighted by Gasteiger charge is 2.19. The third-order valence-electron chi connectivity index (χ3n) is 2.77. The number of hydrogen-bond donors (Lipinski definition) is 2. The van der Waals surface area contributed by atoms with Crippen LogP contribution in [-0.4, -0.2) is 17.1 Å². The lowest BCUT2D eigenvalue weighted by Crippen LogP contribution is -2.38. The highest BCUT2D eigenvalue weighted by molar-refractivity contribution is 6.42. The minimum atomic E-state index is -0.830. The molecule has 0 aliphatic rings. The zero-order valence-corrected chi connectivity index (χ0v) is 13.1. The van der Waals surface area contributed by atoms with E-state index in [0.717, 1.165) is 12.0 Å². The first-order valence-electron chi connectivity index (χ1n) is 5.89. The van der Waals surface area contributed by atoms with E-state index in [1.165, 1.54) is 0 Å². The number of carboxylic acids is 1. The van der Waals surface area contributed by atoms with Crippen molar-refractivity contribution >= 4 is 41.6 Å². The lowest BCUT2D eigenvalue weighted by atomic mass is 10.1. The van der Waals surface area contributed by atoms with Crippen LogP contribution < -0.4 is 5.32 Å². The number of hydrogen-bond acceptors (Lipinski definition) is 2. The Labute approximate surface area is 129 Å². The predicted octanol–water partition coefficient (Wildman–Crippen LogP) is 4.32. The predicted molar refractivity (Wildman–Crippen MR) is 81.6 cm³/mol. The van der Waals surface area contributed by atoms with Gasteiger partial charge in [0, 0.05) is 6.04 Å². The van der Waals surface area contributed by atoms with E-state index in [0.29, 0.717) is 16.5 Å². The Morgan fingerprint density at radius 1 is 1.37 bits per heavy atom. The Morgan fingerprint density at radius 3 is 2.47 bits per heavy atom. The summed E-state index contributed by atoms with van der Waals surface area (Å²) in [6.07, 6.45) is 1.42. The number of rotatable bonds is 6. The Kier molecular flexibility index (Phi) is 8.42. The number of carbonyl (C=O) groups is 1. The molecule has 2 atom stereocenters. The van der Waals surface area contributed by atoms with Gasteiger partial charge in [-0.15, -0.1) is 12.4 Å². The van der Waals surface area contributed by atoms with Gasteiger partial charge in [0.25, 0.3) is 0 Å². The minimum absolute atomic E-state index is 0. The summed E-state index contributed by atoms with van der Waals surface area (Å²) in [5.41, 5.74) is 0.923. The SMILES string of the molecule is CCCC(NC(C)c1ccc(Cl)c(Cl)c1)C(=O)O.Cl. The first-order valence-corrected chi connectivity index (χ1v) is 6.65. The van der Waals surface area contributed by atoms with E-state index in [1.54, 1.807) is 12.1 Å². The molecule has 0 aliphatic heterocycles. The van der Waals surface area contributed by atoms with E-state index in [4.69, 9.17) is 28.3 Å². The molecule has 0 heterocycles. The molecule has 1 rings (SSSR count). The first kappa shape index (κ1) is 18.5. The third kappa shape index (κ3) is 5.57. The van der Waals surface area contributed by atoms with Crippen molar-refractivity contribution in [2.45, 2.75) is 38.8 Å². The van der Waals surface area contributed by atoms with Crippen molar-refractivity contribution in [1.82, 2.24) is 5.32 Å². The number of benzene rings is 1. The average Bonchev–Trinajstić information content (AvgIpc) is 2.31. The smallest absolute Gasteiger partial charge is 0.320 e. The van der Waals surface area contributed by atoms with E-state index in [9.17, 15) is 4.79 Å². The molecule has 2 N–H and O–H groups in total. The number of nitrogens with one attached hydrogen (secondary N) is 1. The summed E-state index contributed by atoms with van der Waals surface area (Å²) < 4.78 is 0. The van der Waals surface area contributed by atoms with Crippen LogP contribution >= 0.6 is 35.6 Å². The summed E-state index contributed by atoms with van der Waals surface area (Å²) in [7, 11) is 0. The van der Waals surface area contributed by atoms with Gasteiger partial charge in [0.15, 0.2) is 0 Å². The second kappa shape index (κ2) is 8.64. The second-order valence-electron chi connectivity index (χ2n) is 4.24. The Bertz CT molecular complexity index is 426. The van der Waals surface area contributed by atoms with Crippen molar-refractivity contribution in [2.24, 2.45) is 0 Å². The van der Waals surface area contributed by atoms with Crippen LogP contribution in [0.4, 0.5) is 0 Å². The van der Waals surface area contributed by atoms with Crippen LogP contribution in [0.1, 0.15) is 38.3 Å². The molecule has 108 valence electrons. The number of halogens is 3. The summed E-state index contributed by atoms with van der Waals surface area (Å²) in [6.45, 7) is 3.87. The highest BCUT2D eigenvalue weighted by Crippen LogP contribution is 2.25. The number of aliphatic carboxylic acids is 1. The normalized spacial score (nSPS) is 13.5. The maximum absolute atomic E-state index is 11.1. The summed E-state index contributed by atoms with van der Waals surface area (Å²) >= 11 is 11.8. The van der Waals surface area contributed by atoms with Gasteiger partial charge in [0.05, 0.1) is 10.0 Å². The monoisotopic (exact) mass is 325 g/mol. The Morgan fingerprint density at radius 2 is 2.00 bits per heavy atom. The lowest BCUT2D eigenvalue weighted by molar-refractivity contribution is -0.139. The average molecular weight is 327 g/mol. The van der Waals surface area contributed by atoms with Crippen LogP contribution in [0.3, 0.4) is 0 Å². The fourth-order valence-corrected chi connectivity index (χ4v) is 2.05. The topological polar surface area (TPSA) is 49.3 Å². The molecule has 0 spiro atoms. The van der Waals surface area contributed by atoms with Crippen molar-refractivity contribution < 1.29 is 9.90 Å². The van der Waals surface area contributed by atoms with Gasteiger partial charge in [-0.2, -0.15) is 0 Å². The van der Waals surface area contributed by atoms with Crippen LogP contribution in [0.5, 0.6) is 0 Å². The van der Waals surface area contributed by atoms with E-state index in [-0.39, 0.29) is 18.4 Å². The fraction of sp³-hybridized carbons (Fsp3) is 0.462. The lowest BCUT2D eigenvalue weighted by Gasteiger charge is -2.20. The molecule has 0 bridgehead atoms. The van der Waals surface area contributed by atoms with Gasteiger partial charge in [-0.05, 0) is 31.0 Å². The molecule has 0 fully saturated rings. The largest absolute Gasteiger partial charge is 0.480 e. The minimum Gasteiger partial charge on any atom is -0.480 e. The standard InChI is InChI=1S/C13H17Cl2NO2.ClH/c1-3-4-12(13(17)18)16-8(2)9-5-6-10(14)11(15)7-9;/h5-8,12,16H,3-4H2,1-2H3,(H,17,18);1H. The van der Waals surface area contributed by atoms with Crippen LogP contribution in [0.25, 0.3) is 0 Å². The molecular formula is C13H18Cl3NO2. The third-order valence-corrected chi connectivity index (χ3v) is 3.51. The quantitative estimate of drug-likeness (QED) is 0.818. The van der Waals surface area contributed by atoms with Crippen molar-refractivity contribution in [3.05, 3.63) is 33.8 Å². The van der Waals surface area contributed by atoms with E-state index >= 15 is 0 Å². The highest BCUT2D eigenvalue weighted by atomic mass is 35.5. The maximum Gasteiger partial charge on any atom is 0.320 e. The molecule has 0 radical (unpaired) electrons. The van der Waals surface area contributed by atoms with E-state index in [2.05, 4.69) is 5.32 Å². The molecule has 3 nitrogen and oxygen atoms in total. The molecule has 0 aromatic heterocycles. The van der Waals surface area contributed by atoms with Crippen molar-refractivity contribution in [2.75, 3.05) is 0 Å². The van der Waals surface area contributed by atoms with Gasteiger partial charge in [0.2, 0.25) is 0 Å². The van der Waals surface area contributed by atoms with Crippen LogP contribution in [0.2, 0.25) is 10.0 Å². The van der Waals surface area contributed by atoms with Gasteiger partial charge in [-0.25, -0.2) is 0 Å².